The van der Waals surface area contributed by atoms with Crippen molar-refractivity contribution in [3.05, 3.63) is 24.3 Å². The van der Waals surface area contributed by atoms with Gasteiger partial charge in [0.1, 0.15) is 0 Å². The minimum absolute atomic E-state index is 0.0287. The minimum atomic E-state index is -0.548. The summed E-state index contributed by atoms with van der Waals surface area (Å²) in [7, 11) is 5.21. The number of carbonyl (C=O) groups excluding carboxylic acids is 1. The largest absolute Gasteiger partial charge is 0.394 e. The lowest BCUT2D eigenvalue weighted by Gasteiger charge is -2.23. The van der Waals surface area contributed by atoms with Gasteiger partial charge in [-0.15, -0.1) is 0 Å². The van der Waals surface area contributed by atoms with Gasteiger partial charge in [0.2, 0.25) is 5.91 Å². The van der Waals surface area contributed by atoms with E-state index in [1.165, 1.54) is 0 Å². The summed E-state index contributed by atoms with van der Waals surface area (Å²) in [6, 6.07) is 8.07. The van der Waals surface area contributed by atoms with Crippen LogP contribution in [0.2, 0.25) is 0 Å². The Hall–Kier alpha value is -0.850. The van der Waals surface area contributed by atoms with E-state index in [0.717, 1.165) is 16.3 Å². The fourth-order valence-electron chi connectivity index (χ4n) is 1.46. The van der Waals surface area contributed by atoms with Crippen LogP contribution in [0.5, 0.6) is 0 Å². The molecule has 4 nitrogen and oxygen atoms in total. The summed E-state index contributed by atoms with van der Waals surface area (Å²) in [5, 5.41) is 15.0. The standard InChI is InChI=1S/C14H22N2O2S2/c1-14(2,10-17)16-13(18)8-9-19-20-12-7-5-4-6-11(12)15-3/h4-7,15,17H,8-10H2,1-3H3,(H,16,18). The monoisotopic (exact) mass is 314 g/mol. The molecule has 112 valence electrons. The summed E-state index contributed by atoms with van der Waals surface area (Å²) < 4.78 is 0. The molecule has 0 aromatic heterocycles. The van der Waals surface area contributed by atoms with Crippen LogP contribution in [0.15, 0.2) is 29.2 Å². The second-order valence-electron chi connectivity index (χ2n) is 4.99. The fraction of sp³-hybridized carbons (Fsp3) is 0.500. The first-order valence-corrected chi connectivity index (χ1v) is 8.78. The van der Waals surface area contributed by atoms with Gasteiger partial charge in [-0.1, -0.05) is 33.7 Å². The number of anilines is 1. The number of benzene rings is 1. The van der Waals surface area contributed by atoms with Crippen molar-refractivity contribution in [2.75, 3.05) is 24.7 Å². The van der Waals surface area contributed by atoms with Gasteiger partial charge in [0, 0.05) is 29.8 Å². The van der Waals surface area contributed by atoms with E-state index in [0.29, 0.717) is 6.42 Å². The number of hydrogen-bond donors (Lipinski definition) is 3. The van der Waals surface area contributed by atoms with Gasteiger partial charge in [-0.2, -0.15) is 0 Å². The van der Waals surface area contributed by atoms with Gasteiger partial charge in [0.15, 0.2) is 0 Å². The zero-order valence-electron chi connectivity index (χ0n) is 12.1. The van der Waals surface area contributed by atoms with Gasteiger partial charge in [-0.25, -0.2) is 0 Å². The number of carbonyl (C=O) groups is 1. The van der Waals surface area contributed by atoms with Crippen molar-refractivity contribution in [3.63, 3.8) is 0 Å². The molecule has 20 heavy (non-hydrogen) atoms. The lowest BCUT2D eigenvalue weighted by atomic mass is 10.1. The molecule has 1 rings (SSSR count). The maximum Gasteiger partial charge on any atom is 0.221 e. The van der Waals surface area contributed by atoms with Gasteiger partial charge >= 0.3 is 0 Å². The number of nitrogens with one attached hydrogen (secondary N) is 2. The summed E-state index contributed by atoms with van der Waals surface area (Å²) in [6.45, 7) is 3.54. The van der Waals surface area contributed by atoms with E-state index in [-0.39, 0.29) is 12.5 Å². The predicted octanol–water partition coefficient (Wildman–Crippen LogP) is 2.75. The molecule has 0 bridgehead atoms. The fourth-order valence-corrected chi connectivity index (χ4v) is 3.65. The number of hydrogen-bond acceptors (Lipinski definition) is 5. The van der Waals surface area contributed by atoms with Gasteiger partial charge in [-0.3, -0.25) is 4.79 Å². The molecule has 0 aliphatic rings. The number of para-hydroxylation sites is 1. The first-order valence-electron chi connectivity index (χ1n) is 6.46. The summed E-state index contributed by atoms with van der Waals surface area (Å²) in [6.07, 6.45) is 0.447. The Morgan fingerprint density at radius 1 is 1.35 bits per heavy atom. The van der Waals surface area contributed by atoms with Crippen molar-refractivity contribution in [2.24, 2.45) is 0 Å². The highest BCUT2D eigenvalue weighted by Gasteiger charge is 2.18. The van der Waals surface area contributed by atoms with Crippen LogP contribution in [0.1, 0.15) is 20.3 Å². The highest BCUT2D eigenvalue weighted by Crippen LogP contribution is 2.36. The first kappa shape index (κ1) is 17.2. The topological polar surface area (TPSA) is 61.4 Å². The zero-order chi connectivity index (χ0) is 15.0. The molecule has 0 spiro atoms. The SMILES string of the molecule is CNc1ccccc1SSCCC(=O)NC(C)(C)CO. The Labute approximate surface area is 128 Å². The number of rotatable bonds is 8. The van der Waals surface area contributed by atoms with E-state index in [2.05, 4.69) is 16.7 Å². The third kappa shape index (κ3) is 6.07. The molecule has 3 N–H and O–H groups in total. The van der Waals surface area contributed by atoms with E-state index >= 15 is 0 Å². The molecule has 0 radical (unpaired) electrons. The van der Waals surface area contributed by atoms with Crippen LogP contribution in [0, 0.1) is 0 Å². The summed E-state index contributed by atoms with van der Waals surface area (Å²) in [5.41, 5.74) is 0.545. The van der Waals surface area contributed by atoms with Crippen LogP contribution < -0.4 is 10.6 Å². The molecular weight excluding hydrogens is 292 g/mol. The Bertz CT molecular complexity index is 439. The third-order valence-electron chi connectivity index (χ3n) is 2.59. The molecule has 0 saturated carbocycles. The van der Waals surface area contributed by atoms with Gasteiger partial charge in [0.05, 0.1) is 12.1 Å². The lowest BCUT2D eigenvalue weighted by molar-refractivity contribution is -0.122. The molecule has 0 atom stereocenters. The average molecular weight is 314 g/mol. The van der Waals surface area contributed by atoms with Crippen LogP contribution >= 0.6 is 21.6 Å². The van der Waals surface area contributed by atoms with E-state index in [1.807, 2.05) is 25.2 Å². The van der Waals surface area contributed by atoms with E-state index in [4.69, 9.17) is 5.11 Å². The molecule has 1 amide bonds. The smallest absolute Gasteiger partial charge is 0.221 e. The number of aliphatic hydroxyl groups is 1. The van der Waals surface area contributed by atoms with E-state index in [9.17, 15) is 4.79 Å². The molecular formula is C14H22N2O2S2. The second kappa shape index (κ2) is 8.44. The quantitative estimate of drug-likeness (QED) is 0.509. The highest BCUT2D eigenvalue weighted by molar-refractivity contribution is 8.76. The van der Waals surface area contributed by atoms with Crippen LogP contribution in [0.3, 0.4) is 0 Å². The van der Waals surface area contributed by atoms with Crippen molar-refractivity contribution in [1.29, 1.82) is 0 Å². The van der Waals surface area contributed by atoms with Crippen LogP contribution in [0.4, 0.5) is 5.69 Å². The zero-order valence-corrected chi connectivity index (χ0v) is 13.7. The van der Waals surface area contributed by atoms with E-state index in [1.54, 1.807) is 35.4 Å². The molecule has 0 saturated heterocycles. The normalized spacial score (nSPS) is 11.2. The van der Waals surface area contributed by atoms with Gasteiger partial charge in [0.25, 0.3) is 0 Å². The van der Waals surface area contributed by atoms with Crippen molar-refractivity contribution in [2.45, 2.75) is 30.7 Å². The maximum absolute atomic E-state index is 11.7. The molecule has 0 unspecified atom stereocenters. The molecule has 0 aliphatic heterocycles. The van der Waals surface area contributed by atoms with Crippen molar-refractivity contribution >= 4 is 33.2 Å². The summed E-state index contributed by atoms with van der Waals surface area (Å²) in [5.74, 6) is 0.704. The Kier molecular flexibility index (Phi) is 7.26. The minimum Gasteiger partial charge on any atom is -0.394 e. The predicted molar refractivity (Wildman–Crippen MR) is 88.2 cm³/mol. The maximum atomic E-state index is 11.7. The summed E-state index contributed by atoms with van der Waals surface area (Å²) in [4.78, 5) is 12.9. The lowest BCUT2D eigenvalue weighted by Crippen LogP contribution is -2.46. The molecule has 0 heterocycles. The Balaban J connectivity index is 2.30. The Morgan fingerprint density at radius 3 is 2.70 bits per heavy atom. The van der Waals surface area contributed by atoms with Crippen molar-refractivity contribution < 1.29 is 9.90 Å². The van der Waals surface area contributed by atoms with Gasteiger partial charge < -0.3 is 15.7 Å². The molecule has 0 aliphatic carbocycles. The Morgan fingerprint density at radius 2 is 2.05 bits per heavy atom. The van der Waals surface area contributed by atoms with Crippen molar-refractivity contribution in [1.82, 2.24) is 5.32 Å². The van der Waals surface area contributed by atoms with Crippen LogP contribution in [-0.2, 0) is 4.79 Å². The number of amides is 1. The highest BCUT2D eigenvalue weighted by atomic mass is 33.1. The molecule has 6 heteroatoms. The summed E-state index contributed by atoms with van der Waals surface area (Å²) >= 11 is 0. The van der Waals surface area contributed by atoms with Gasteiger partial charge in [-0.05, 0) is 26.0 Å². The second-order valence-corrected chi connectivity index (χ2v) is 7.45. The number of aliphatic hydroxyl groups excluding tert-OH is 1. The van der Waals surface area contributed by atoms with Crippen LogP contribution in [0.25, 0.3) is 0 Å². The molecule has 0 fully saturated rings. The molecule has 1 aromatic rings. The first-order chi connectivity index (χ1) is 9.48. The van der Waals surface area contributed by atoms with Crippen LogP contribution in [-0.4, -0.2) is 36.0 Å². The van der Waals surface area contributed by atoms with Crippen molar-refractivity contribution in [3.8, 4) is 0 Å². The average Bonchev–Trinajstić information content (AvgIpc) is 2.43. The third-order valence-corrected chi connectivity index (χ3v) is 5.01. The van der Waals surface area contributed by atoms with E-state index < -0.39 is 5.54 Å². The molecule has 1 aromatic carbocycles.